The number of rotatable bonds is 7. The molecule has 2 aromatic rings. The molecule has 1 amide bonds. The Bertz CT molecular complexity index is 633. The Morgan fingerprint density at radius 2 is 2.18 bits per heavy atom. The van der Waals surface area contributed by atoms with Gasteiger partial charge in [0.2, 0.25) is 0 Å². The van der Waals surface area contributed by atoms with E-state index in [1.165, 1.54) is 24.5 Å². The van der Waals surface area contributed by atoms with Gasteiger partial charge >= 0.3 is 0 Å². The molecule has 0 spiro atoms. The van der Waals surface area contributed by atoms with Crippen molar-refractivity contribution in [2.75, 3.05) is 20.2 Å². The van der Waals surface area contributed by atoms with Crippen LogP contribution < -0.4 is 11.1 Å². The van der Waals surface area contributed by atoms with Gasteiger partial charge in [-0.3, -0.25) is 4.79 Å². The topological polar surface area (TPSA) is 64.3 Å². The zero-order valence-electron chi connectivity index (χ0n) is 12.4. The number of benzene rings is 1. The molecule has 122 valence electrons. The van der Waals surface area contributed by atoms with Crippen LogP contribution in [0.15, 0.2) is 18.2 Å². The number of carbonyl (C=O) groups excluding carboxylic acids is 1. The normalized spacial score (nSPS) is 10.5. The van der Waals surface area contributed by atoms with Crippen molar-refractivity contribution in [3.05, 3.63) is 34.5 Å². The van der Waals surface area contributed by atoms with Crippen LogP contribution in [0.3, 0.4) is 0 Å². The third-order valence-electron chi connectivity index (χ3n) is 3.17. The first-order valence-corrected chi connectivity index (χ1v) is 7.67. The highest BCUT2D eigenvalue weighted by Crippen LogP contribution is 2.33. The quantitative estimate of drug-likeness (QED) is 0.757. The number of nitrogens with two attached hydrogens (primary N) is 1. The summed E-state index contributed by atoms with van der Waals surface area (Å²) in [7, 11) is 1.53. The zero-order chi connectivity index (χ0) is 15.2. The Balaban J connectivity index is 0.00000242. The number of carbonyl (C=O) groups is 1. The summed E-state index contributed by atoms with van der Waals surface area (Å²) in [6.45, 7) is 1.39. The van der Waals surface area contributed by atoms with E-state index in [0.717, 1.165) is 17.5 Å². The predicted octanol–water partition coefficient (Wildman–Crippen LogP) is 3.08. The largest absolute Gasteiger partial charge is 0.380 e. The van der Waals surface area contributed by atoms with Crippen molar-refractivity contribution in [1.29, 1.82) is 0 Å². The molecular formula is C15H20ClFN2O2S. The summed E-state index contributed by atoms with van der Waals surface area (Å²) in [5.41, 5.74) is 6.04. The second-order valence-electron chi connectivity index (χ2n) is 4.71. The van der Waals surface area contributed by atoms with Gasteiger partial charge in [0.05, 0.1) is 11.5 Å². The van der Waals surface area contributed by atoms with Gasteiger partial charge in [0, 0.05) is 29.3 Å². The lowest BCUT2D eigenvalue weighted by molar-refractivity contribution is 0.0953. The lowest BCUT2D eigenvalue weighted by atomic mass is 10.1. The highest BCUT2D eigenvalue weighted by molar-refractivity contribution is 7.21. The first-order chi connectivity index (χ1) is 10.2. The van der Waals surface area contributed by atoms with Crippen LogP contribution in [-0.4, -0.2) is 26.1 Å². The number of fused-ring (bicyclic) bond motifs is 1. The molecule has 0 saturated heterocycles. The molecule has 1 heterocycles. The Morgan fingerprint density at radius 1 is 1.41 bits per heavy atom. The van der Waals surface area contributed by atoms with E-state index < -0.39 is 0 Å². The van der Waals surface area contributed by atoms with Gasteiger partial charge in [-0.1, -0.05) is 6.07 Å². The molecular weight excluding hydrogens is 327 g/mol. The van der Waals surface area contributed by atoms with E-state index in [4.69, 9.17) is 10.5 Å². The molecule has 0 saturated carbocycles. The average Bonchev–Trinajstić information content (AvgIpc) is 2.84. The van der Waals surface area contributed by atoms with E-state index in [0.29, 0.717) is 28.9 Å². The molecule has 0 atom stereocenters. The molecule has 7 heteroatoms. The van der Waals surface area contributed by atoms with Gasteiger partial charge in [-0.15, -0.1) is 23.7 Å². The maximum absolute atomic E-state index is 14.0. The Labute approximate surface area is 139 Å². The van der Waals surface area contributed by atoms with E-state index in [1.807, 2.05) is 6.07 Å². The van der Waals surface area contributed by atoms with E-state index >= 15 is 0 Å². The number of methoxy groups -OCH3 is 1. The van der Waals surface area contributed by atoms with Gasteiger partial charge in [0.25, 0.3) is 5.91 Å². The Kier molecular flexibility index (Phi) is 7.75. The van der Waals surface area contributed by atoms with Gasteiger partial charge in [0.15, 0.2) is 0 Å². The number of hydrogen-bond acceptors (Lipinski definition) is 4. The molecule has 22 heavy (non-hydrogen) atoms. The second-order valence-corrected chi connectivity index (χ2v) is 5.76. The smallest absolute Gasteiger partial charge is 0.261 e. The van der Waals surface area contributed by atoms with Crippen LogP contribution in [0.1, 0.15) is 28.1 Å². The molecule has 0 bridgehead atoms. The molecule has 0 unspecified atom stereocenters. The van der Waals surface area contributed by atoms with Crippen molar-refractivity contribution in [3.8, 4) is 0 Å². The van der Waals surface area contributed by atoms with E-state index in [1.54, 1.807) is 6.07 Å². The fourth-order valence-corrected chi connectivity index (χ4v) is 3.32. The molecule has 0 radical (unpaired) electrons. The number of nitrogens with one attached hydrogen (secondary N) is 1. The SMILES string of the molecule is COCc1c(C(=O)NCCCCN)sc2cccc(F)c12.Cl. The fourth-order valence-electron chi connectivity index (χ4n) is 2.18. The number of amides is 1. The Hall–Kier alpha value is -1.21. The van der Waals surface area contributed by atoms with Gasteiger partial charge in [-0.2, -0.15) is 0 Å². The summed E-state index contributed by atoms with van der Waals surface area (Å²) >= 11 is 1.29. The summed E-state index contributed by atoms with van der Waals surface area (Å²) < 4.78 is 19.9. The predicted molar refractivity (Wildman–Crippen MR) is 90.4 cm³/mol. The lowest BCUT2D eigenvalue weighted by Crippen LogP contribution is -2.25. The summed E-state index contributed by atoms with van der Waals surface area (Å²) in [4.78, 5) is 12.8. The van der Waals surface area contributed by atoms with Gasteiger partial charge in [0.1, 0.15) is 5.82 Å². The summed E-state index contributed by atoms with van der Waals surface area (Å²) in [6.07, 6.45) is 1.70. The second kappa shape index (κ2) is 9.05. The minimum atomic E-state index is -0.321. The minimum absolute atomic E-state index is 0. The van der Waals surface area contributed by atoms with Crippen LogP contribution in [0.25, 0.3) is 10.1 Å². The first-order valence-electron chi connectivity index (χ1n) is 6.86. The van der Waals surface area contributed by atoms with Gasteiger partial charge in [-0.25, -0.2) is 4.39 Å². The summed E-state index contributed by atoms with van der Waals surface area (Å²) in [5, 5.41) is 3.33. The van der Waals surface area contributed by atoms with Crippen molar-refractivity contribution in [2.45, 2.75) is 19.4 Å². The number of halogens is 2. The van der Waals surface area contributed by atoms with Crippen LogP contribution in [-0.2, 0) is 11.3 Å². The molecule has 0 aliphatic rings. The van der Waals surface area contributed by atoms with Gasteiger partial charge in [-0.05, 0) is 31.5 Å². The Morgan fingerprint density at radius 3 is 2.86 bits per heavy atom. The molecule has 3 N–H and O–H groups in total. The lowest BCUT2D eigenvalue weighted by Gasteiger charge is -2.06. The number of thiophene rings is 1. The van der Waals surface area contributed by atoms with Crippen molar-refractivity contribution in [2.24, 2.45) is 5.73 Å². The third kappa shape index (κ3) is 4.16. The van der Waals surface area contributed by atoms with E-state index in [9.17, 15) is 9.18 Å². The highest BCUT2D eigenvalue weighted by Gasteiger charge is 2.20. The van der Waals surface area contributed by atoms with Crippen molar-refractivity contribution < 1.29 is 13.9 Å². The summed E-state index contributed by atoms with van der Waals surface area (Å²) in [5.74, 6) is -0.502. The zero-order valence-corrected chi connectivity index (χ0v) is 14.0. The molecule has 0 aliphatic heterocycles. The molecule has 0 fully saturated rings. The van der Waals surface area contributed by atoms with Crippen LogP contribution >= 0.6 is 23.7 Å². The first kappa shape index (κ1) is 18.8. The molecule has 2 rings (SSSR count). The molecule has 4 nitrogen and oxygen atoms in total. The highest BCUT2D eigenvalue weighted by atomic mass is 35.5. The molecule has 1 aromatic carbocycles. The number of hydrogen-bond donors (Lipinski definition) is 2. The van der Waals surface area contributed by atoms with Crippen LogP contribution in [0.5, 0.6) is 0 Å². The van der Waals surface area contributed by atoms with Crippen molar-refractivity contribution in [1.82, 2.24) is 5.32 Å². The third-order valence-corrected chi connectivity index (χ3v) is 4.37. The number of ether oxygens (including phenoxy) is 1. The van der Waals surface area contributed by atoms with Crippen molar-refractivity contribution >= 4 is 39.7 Å². The van der Waals surface area contributed by atoms with Crippen molar-refractivity contribution in [3.63, 3.8) is 0 Å². The fraction of sp³-hybridized carbons (Fsp3) is 0.400. The monoisotopic (exact) mass is 346 g/mol. The van der Waals surface area contributed by atoms with Gasteiger partial charge < -0.3 is 15.8 Å². The maximum atomic E-state index is 14.0. The van der Waals surface area contributed by atoms with E-state index in [-0.39, 0.29) is 30.7 Å². The molecule has 1 aromatic heterocycles. The van der Waals surface area contributed by atoms with Crippen LogP contribution in [0, 0.1) is 5.82 Å². The maximum Gasteiger partial charge on any atom is 0.261 e. The number of unbranched alkanes of at least 4 members (excludes halogenated alkanes) is 1. The molecule has 0 aliphatic carbocycles. The minimum Gasteiger partial charge on any atom is -0.380 e. The summed E-state index contributed by atoms with van der Waals surface area (Å²) in [6, 6.07) is 4.86. The van der Waals surface area contributed by atoms with Crippen LogP contribution in [0.4, 0.5) is 4.39 Å². The average molecular weight is 347 g/mol. The van der Waals surface area contributed by atoms with Crippen LogP contribution in [0.2, 0.25) is 0 Å². The standard InChI is InChI=1S/C15H19FN2O2S.ClH/c1-20-9-10-13-11(16)5-4-6-12(13)21-14(10)15(19)18-8-3-2-7-17;/h4-6H,2-3,7-9,17H2,1H3,(H,18,19);1H. The van der Waals surface area contributed by atoms with E-state index in [2.05, 4.69) is 5.32 Å².